The minimum absolute atomic E-state index is 0.0884. The average molecular weight is 421 g/mol. The normalized spacial score (nSPS) is 26.2. The lowest BCUT2D eigenvalue weighted by Crippen LogP contribution is -2.47. The van der Waals surface area contributed by atoms with Gasteiger partial charge in [0.1, 0.15) is 0 Å². The van der Waals surface area contributed by atoms with E-state index in [2.05, 4.69) is 98.1 Å². The third-order valence-corrected chi connectivity index (χ3v) is 16.7. The first-order valence-corrected chi connectivity index (χ1v) is 16.8. The van der Waals surface area contributed by atoms with Crippen LogP contribution in [0.3, 0.4) is 0 Å². The summed E-state index contributed by atoms with van der Waals surface area (Å²) >= 11 is 0. The van der Waals surface area contributed by atoms with Crippen LogP contribution in [0.4, 0.5) is 0 Å². The average Bonchev–Trinajstić information content (AvgIpc) is 2.56. The number of hydrogen-bond acceptors (Lipinski definition) is 2. The quantitative estimate of drug-likeness (QED) is 0.327. The second kappa shape index (κ2) is 8.01. The third-order valence-electron chi connectivity index (χ3n) is 7.79. The van der Waals surface area contributed by atoms with Crippen LogP contribution in [0.5, 0.6) is 0 Å². The van der Waals surface area contributed by atoms with Crippen molar-refractivity contribution in [2.45, 2.75) is 90.6 Å². The Labute approximate surface area is 176 Å². The summed E-state index contributed by atoms with van der Waals surface area (Å²) in [5.41, 5.74) is 1.54. The van der Waals surface area contributed by atoms with Gasteiger partial charge in [-0.05, 0) is 54.7 Å². The fraction of sp³-hybridized carbons (Fsp3) is 0.750. The third kappa shape index (κ3) is 5.00. The van der Waals surface area contributed by atoms with Gasteiger partial charge in [-0.1, -0.05) is 71.9 Å². The van der Waals surface area contributed by atoms with Crippen molar-refractivity contribution in [3.05, 3.63) is 36.0 Å². The van der Waals surface area contributed by atoms with Crippen LogP contribution in [0.25, 0.3) is 0 Å². The van der Waals surface area contributed by atoms with Crippen LogP contribution < -0.4 is 0 Å². The molecule has 160 valence electrons. The Bertz CT molecular complexity index is 644. The minimum atomic E-state index is -1.77. The monoisotopic (exact) mass is 420 g/mol. The molecule has 2 aliphatic carbocycles. The van der Waals surface area contributed by atoms with Crippen molar-refractivity contribution in [3.8, 4) is 0 Å². The summed E-state index contributed by atoms with van der Waals surface area (Å²) < 4.78 is 13.3. The summed E-state index contributed by atoms with van der Waals surface area (Å²) in [5.74, 6) is 0.404. The highest BCUT2D eigenvalue weighted by Gasteiger charge is 2.45. The van der Waals surface area contributed by atoms with E-state index in [1.807, 2.05) is 0 Å². The molecule has 0 aromatic rings. The summed E-state index contributed by atoms with van der Waals surface area (Å²) in [5, 5.41) is 0.485. The molecule has 0 fully saturated rings. The highest BCUT2D eigenvalue weighted by Crippen LogP contribution is 2.48. The molecule has 0 saturated heterocycles. The van der Waals surface area contributed by atoms with Gasteiger partial charge in [0.15, 0.2) is 16.6 Å². The molecule has 4 heteroatoms. The molecule has 2 nitrogen and oxygen atoms in total. The molecule has 28 heavy (non-hydrogen) atoms. The van der Waals surface area contributed by atoms with Crippen molar-refractivity contribution in [3.63, 3.8) is 0 Å². The summed E-state index contributed by atoms with van der Waals surface area (Å²) in [7, 11) is -3.52. The molecule has 2 rings (SSSR count). The van der Waals surface area contributed by atoms with E-state index in [0.717, 1.165) is 26.1 Å². The lowest BCUT2D eigenvalue weighted by molar-refractivity contribution is 0.124. The van der Waals surface area contributed by atoms with E-state index in [1.165, 1.54) is 5.57 Å². The van der Waals surface area contributed by atoms with Gasteiger partial charge in [-0.25, -0.2) is 0 Å². The summed E-state index contributed by atoms with van der Waals surface area (Å²) in [6, 6.07) is 0. The molecular formula is C24H44O2Si2. The van der Waals surface area contributed by atoms with E-state index < -0.39 is 16.6 Å². The van der Waals surface area contributed by atoms with Crippen LogP contribution in [-0.4, -0.2) is 29.8 Å². The smallest absolute Gasteiger partial charge is 0.192 e. The maximum atomic E-state index is 6.74. The molecule has 0 aliphatic heterocycles. The summed E-state index contributed by atoms with van der Waals surface area (Å²) in [6.07, 6.45) is 14.0. The van der Waals surface area contributed by atoms with Crippen molar-refractivity contribution in [1.29, 1.82) is 0 Å². The first-order valence-electron chi connectivity index (χ1n) is 10.9. The van der Waals surface area contributed by atoms with Crippen molar-refractivity contribution < 1.29 is 8.85 Å². The Hall–Kier alpha value is -0.426. The van der Waals surface area contributed by atoms with Crippen LogP contribution in [0, 0.1) is 11.3 Å². The molecule has 0 bridgehead atoms. The maximum Gasteiger partial charge on any atom is 0.192 e. The number of hydrogen-bond donors (Lipinski definition) is 0. The number of allylic oxidation sites excluding steroid dienone is 4. The maximum absolute atomic E-state index is 6.74. The first kappa shape index (κ1) is 23.8. The van der Waals surface area contributed by atoms with Gasteiger partial charge in [0, 0.05) is 17.9 Å². The van der Waals surface area contributed by atoms with E-state index in [4.69, 9.17) is 8.85 Å². The molecule has 2 aliphatic rings. The summed E-state index contributed by atoms with van der Waals surface area (Å²) in [6.45, 7) is 24.9. The highest BCUT2D eigenvalue weighted by atomic mass is 28.4. The standard InChI is InChI=1S/C24H44O2Si2/c1-22(2,3)27(7,8)25-18-20-14-13-17-24(16-12-11-15-21(20)24)19-26-28(9,10)23(4,5)6/h11-12,14-16,21H,13,17-19H2,1-10H3/t21-,24+/m1/s1. The van der Waals surface area contributed by atoms with E-state index in [9.17, 15) is 0 Å². The largest absolute Gasteiger partial charge is 0.416 e. The lowest BCUT2D eigenvalue weighted by atomic mass is 9.64. The Morgan fingerprint density at radius 2 is 1.50 bits per heavy atom. The van der Waals surface area contributed by atoms with Gasteiger partial charge in [-0.3, -0.25) is 0 Å². The van der Waals surface area contributed by atoms with E-state index in [-0.39, 0.29) is 15.5 Å². The number of fused-ring (bicyclic) bond motifs is 1. The molecule has 0 saturated carbocycles. The van der Waals surface area contributed by atoms with Crippen molar-refractivity contribution in [2.75, 3.05) is 13.2 Å². The molecule has 0 aromatic heterocycles. The molecule has 0 unspecified atom stereocenters. The van der Waals surface area contributed by atoms with Gasteiger partial charge in [0.25, 0.3) is 0 Å². The molecule has 0 radical (unpaired) electrons. The van der Waals surface area contributed by atoms with Gasteiger partial charge in [-0.2, -0.15) is 0 Å². The zero-order valence-electron chi connectivity index (χ0n) is 20.1. The van der Waals surface area contributed by atoms with Crippen LogP contribution in [0.2, 0.25) is 36.3 Å². The van der Waals surface area contributed by atoms with Crippen LogP contribution in [0.15, 0.2) is 36.0 Å². The van der Waals surface area contributed by atoms with E-state index in [1.54, 1.807) is 0 Å². The predicted molar refractivity (Wildman–Crippen MR) is 128 cm³/mol. The van der Waals surface area contributed by atoms with Crippen molar-refractivity contribution in [2.24, 2.45) is 11.3 Å². The van der Waals surface area contributed by atoms with E-state index in [0.29, 0.717) is 5.92 Å². The van der Waals surface area contributed by atoms with Gasteiger partial charge >= 0.3 is 0 Å². The Kier molecular flexibility index (Phi) is 6.82. The molecule has 0 spiro atoms. The molecule has 0 aromatic carbocycles. The highest BCUT2D eigenvalue weighted by molar-refractivity contribution is 6.74. The van der Waals surface area contributed by atoms with Gasteiger partial charge in [-0.15, -0.1) is 0 Å². The SMILES string of the molecule is CC(C)(C)[Si](C)(C)OCC1=CCC[C@]2(CO[Si](C)(C)C(C)(C)C)C=CC=C[C@H]12. The second-order valence-electron chi connectivity index (χ2n) is 11.9. The zero-order valence-corrected chi connectivity index (χ0v) is 22.1. The summed E-state index contributed by atoms with van der Waals surface area (Å²) in [4.78, 5) is 0. The topological polar surface area (TPSA) is 18.5 Å². The molecule has 2 atom stereocenters. The van der Waals surface area contributed by atoms with Gasteiger partial charge in [0.2, 0.25) is 0 Å². The zero-order chi connectivity index (χ0) is 21.4. The van der Waals surface area contributed by atoms with Crippen LogP contribution >= 0.6 is 0 Å². The Balaban J connectivity index is 2.17. The Morgan fingerprint density at radius 3 is 2.07 bits per heavy atom. The molecule has 0 N–H and O–H groups in total. The second-order valence-corrected chi connectivity index (χ2v) is 21.5. The predicted octanol–water partition coefficient (Wildman–Crippen LogP) is 7.48. The molecule has 0 heterocycles. The lowest BCUT2D eigenvalue weighted by Gasteiger charge is -2.46. The Morgan fingerprint density at radius 1 is 0.929 bits per heavy atom. The fourth-order valence-corrected chi connectivity index (χ4v) is 5.50. The number of rotatable bonds is 6. The first-order chi connectivity index (χ1) is 12.6. The van der Waals surface area contributed by atoms with Crippen LogP contribution in [-0.2, 0) is 8.85 Å². The van der Waals surface area contributed by atoms with Crippen molar-refractivity contribution >= 4 is 16.6 Å². The van der Waals surface area contributed by atoms with Crippen LogP contribution in [0.1, 0.15) is 54.4 Å². The van der Waals surface area contributed by atoms with E-state index >= 15 is 0 Å². The fourth-order valence-electron chi connectivity index (χ4n) is 3.47. The molecule has 0 amide bonds. The van der Waals surface area contributed by atoms with Crippen molar-refractivity contribution in [1.82, 2.24) is 0 Å². The minimum Gasteiger partial charge on any atom is -0.416 e. The van der Waals surface area contributed by atoms with Gasteiger partial charge < -0.3 is 8.85 Å². The molecular weight excluding hydrogens is 376 g/mol. The van der Waals surface area contributed by atoms with Gasteiger partial charge in [0.05, 0.1) is 6.61 Å².